The first-order chi connectivity index (χ1) is 14.9. The molecule has 0 spiro atoms. The van der Waals surface area contributed by atoms with Gasteiger partial charge in [0.25, 0.3) is 0 Å². The molecule has 0 radical (unpaired) electrons. The average Bonchev–Trinajstić information content (AvgIpc) is 3.20. The Morgan fingerprint density at radius 2 is 1.75 bits per heavy atom. The second-order valence-corrected chi connectivity index (χ2v) is 9.66. The number of fused-ring (bicyclic) bond motifs is 3. The number of rotatable bonds is 4. The van der Waals surface area contributed by atoms with Crippen molar-refractivity contribution in [2.24, 2.45) is 17.8 Å². The molecule has 0 aromatic heterocycles. The molecule has 0 amide bonds. The molecule has 1 saturated carbocycles. The van der Waals surface area contributed by atoms with Gasteiger partial charge in [-0.25, -0.2) is 14.4 Å². The Morgan fingerprint density at radius 1 is 1.16 bits per heavy atom. The molecule has 2 fully saturated rings. The summed E-state index contributed by atoms with van der Waals surface area (Å²) in [7, 11) is 0. The molecular formula is C25H34O7. The van der Waals surface area contributed by atoms with Crippen LogP contribution in [0.25, 0.3) is 0 Å². The number of allylic oxidation sites excluding steroid dienone is 3. The number of aliphatic hydroxyl groups is 1. The van der Waals surface area contributed by atoms with Crippen LogP contribution in [0.5, 0.6) is 0 Å². The lowest BCUT2D eigenvalue weighted by Crippen LogP contribution is -2.51. The molecule has 32 heavy (non-hydrogen) atoms. The van der Waals surface area contributed by atoms with Crippen molar-refractivity contribution in [3.8, 4) is 0 Å². The first-order valence-corrected chi connectivity index (χ1v) is 11.2. The van der Waals surface area contributed by atoms with Crippen LogP contribution < -0.4 is 0 Å². The molecule has 176 valence electrons. The molecule has 1 aliphatic heterocycles. The highest BCUT2D eigenvalue weighted by Crippen LogP contribution is 2.55. The van der Waals surface area contributed by atoms with Gasteiger partial charge in [-0.05, 0) is 54.9 Å². The van der Waals surface area contributed by atoms with Crippen LogP contribution in [0.1, 0.15) is 61.3 Å². The van der Waals surface area contributed by atoms with Gasteiger partial charge in [0.15, 0.2) is 0 Å². The minimum Gasteiger partial charge on any atom is -0.458 e. The number of hydrogen-bond acceptors (Lipinski definition) is 7. The Balaban J connectivity index is 2.11. The van der Waals surface area contributed by atoms with Gasteiger partial charge in [0.2, 0.25) is 5.60 Å². The molecule has 0 bridgehead atoms. The number of hydrogen-bond donors (Lipinski definition) is 1. The highest BCUT2D eigenvalue weighted by atomic mass is 16.6. The van der Waals surface area contributed by atoms with Crippen LogP contribution in [0.3, 0.4) is 0 Å². The number of carbonyl (C=O) groups excluding carboxylic acids is 3. The van der Waals surface area contributed by atoms with Gasteiger partial charge >= 0.3 is 17.9 Å². The standard InChI is InChI=1S/C25H34O7/c1-8-13(3)21(26)30-17-12-24(6,29)16-11-10-15(5)18(16)20-19(17)25(7,23(28)31-20)32-22(27)14(4)9-2/h8-10,16-20,29H,11-12H2,1-7H3/t16-,17-,18+,19+,20-,24-,25-/m0/s1. The van der Waals surface area contributed by atoms with E-state index in [1.54, 1.807) is 46.8 Å². The van der Waals surface area contributed by atoms with Gasteiger partial charge in [0, 0.05) is 29.4 Å². The summed E-state index contributed by atoms with van der Waals surface area (Å²) in [5.74, 6) is -3.05. The number of carbonyl (C=O) groups is 3. The Bertz CT molecular complexity index is 909. The summed E-state index contributed by atoms with van der Waals surface area (Å²) >= 11 is 0. The van der Waals surface area contributed by atoms with E-state index in [4.69, 9.17) is 14.2 Å². The lowest BCUT2D eigenvalue weighted by atomic mass is 9.75. The molecule has 1 N–H and O–H groups in total. The SMILES string of the molecule is CC=C(C)C(=O)O[C@H]1C[C@](C)(O)[C@H]2CC=C(C)[C@H]2[C@@H]2OC(=O)[C@@](C)(OC(=O)C(C)=CC)[C@@H]21. The number of ether oxygens (including phenoxy) is 3. The van der Waals surface area contributed by atoms with Crippen molar-refractivity contribution in [3.63, 3.8) is 0 Å². The lowest BCUT2D eigenvalue weighted by Gasteiger charge is -2.35. The molecule has 0 unspecified atom stereocenters. The summed E-state index contributed by atoms with van der Waals surface area (Å²) in [6.45, 7) is 11.9. The molecule has 0 aromatic rings. The van der Waals surface area contributed by atoms with E-state index < -0.39 is 47.2 Å². The summed E-state index contributed by atoms with van der Waals surface area (Å²) in [6.07, 6.45) is 4.46. The van der Waals surface area contributed by atoms with E-state index in [-0.39, 0.29) is 18.3 Å². The van der Waals surface area contributed by atoms with Gasteiger partial charge in [-0.2, -0.15) is 0 Å². The summed E-state index contributed by atoms with van der Waals surface area (Å²) in [4.78, 5) is 38.5. The van der Waals surface area contributed by atoms with E-state index in [0.29, 0.717) is 17.6 Å². The summed E-state index contributed by atoms with van der Waals surface area (Å²) in [5.41, 5.74) is -1.05. The predicted molar refractivity (Wildman–Crippen MR) is 117 cm³/mol. The van der Waals surface area contributed by atoms with Gasteiger partial charge in [0.1, 0.15) is 12.2 Å². The highest BCUT2D eigenvalue weighted by molar-refractivity contribution is 5.92. The van der Waals surface area contributed by atoms with Gasteiger partial charge < -0.3 is 19.3 Å². The van der Waals surface area contributed by atoms with Crippen LogP contribution in [0.15, 0.2) is 34.9 Å². The van der Waals surface area contributed by atoms with Gasteiger partial charge in [-0.15, -0.1) is 0 Å². The van der Waals surface area contributed by atoms with Gasteiger partial charge in [-0.3, -0.25) is 0 Å². The molecule has 1 heterocycles. The smallest absolute Gasteiger partial charge is 0.351 e. The molecule has 7 nitrogen and oxygen atoms in total. The maximum atomic E-state index is 13.1. The molecule has 3 rings (SSSR count). The predicted octanol–water partition coefficient (Wildman–Crippen LogP) is 3.41. The van der Waals surface area contributed by atoms with Crippen LogP contribution in [0, 0.1) is 17.8 Å². The van der Waals surface area contributed by atoms with Crippen molar-refractivity contribution in [1.82, 2.24) is 0 Å². The molecule has 7 heteroatoms. The maximum Gasteiger partial charge on any atom is 0.351 e. The van der Waals surface area contributed by atoms with Crippen molar-refractivity contribution in [2.45, 2.75) is 84.7 Å². The summed E-state index contributed by atoms with van der Waals surface area (Å²) < 4.78 is 17.5. The molecule has 3 aliphatic rings. The van der Waals surface area contributed by atoms with Crippen molar-refractivity contribution in [3.05, 3.63) is 34.9 Å². The van der Waals surface area contributed by atoms with E-state index in [9.17, 15) is 19.5 Å². The van der Waals surface area contributed by atoms with Crippen molar-refractivity contribution in [2.75, 3.05) is 0 Å². The van der Waals surface area contributed by atoms with Crippen LogP contribution in [-0.2, 0) is 28.6 Å². The average molecular weight is 447 g/mol. The third-order valence-electron chi connectivity index (χ3n) is 7.53. The first-order valence-electron chi connectivity index (χ1n) is 11.2. The topological polar surface area (TPSA) is 99.1 Å². The van der Waals surface area contributed by atoms with Crippen molar-refractivity contribution < 1.29 is 33.7 Å². The van der Waals surface area contributed by atoms with E-state index in [1.807, 2.05) is 6.92 Å². The maximum absolute atomic E-state index is 13.1. The third-order valence-corrected chi connectivity index (χ3v) is 7.53. The highest BCUT2D eigenvalue weighted by Gasteiger charge is 2.67. The van der Waals surface area contributed by atoms with E-state index in [1.165, 1.54) is 6.92 Å². The second-order valence-electron chi connectivity index (χ2n) is 9.66. The van der Waals surface area contributed by atoms with Crippen LogP contribution in [0.4, 0.5) is 0 Å². The van der Waals surface area contributed by atoms with E-state index in [2.05, 4.69) is 6.08 Å². The van der Waals surface area contributed by atoms with Crippen molar-refractivity contribution >= 4 is 17.9 Å². The van der Waals surface area contributed by atoms with Gasteiger partial charge in [0.05, 0.1) is 11.5 Å². The largest absolute Gasteiger partial charge is 0.458 e. The minimum atomic E-state index is -1.66. The zero-order valence-corrected chi connectivity index (χ0v) is 19.9. The quantitative estimate of drug-likeness (QED) is 0.306. The van der Waals surface area contributed by atoms with Crippen LogP contribution in [-0.4, -0.2) is 46.4 Å². The lowest BCUT2D eigenvalue weighted by molar-refractivity contribution is -0.177. The summed E-state index contributed by atoms with van der Waals surface area (Å²) in [6, 6.07) is 0. The zero-order valence-electron chi connectivity index (χ0n) is 19.9. The Morgan fingerprint density at radius 3 is 2.34 bits per heavy atom. The molecular weight excluding hydrogens is 412 g/mol. The monoisotopic (exact) mass is 446 g/mol. The molecule has 0 aromatic carbocycles. The second kappa shape index (κ2) is 8.50. The fourth-order valence-corrected chi connectivity index (χ4v) is 5.32. The van der Waals surface area contributed by atoms with Crippen LogP contribution >= 0.6 is 0 Å². The molecule has 2 aliphatic carbocycles. The molecule has 7 atom stereocenters. The minimum absolute atomic E-state index is 0.103. The summed E-state index contributed by atoms with van der Waals surface area (Å²) in [5, 5.41) is 11.4. The Hall–Kier alpha value is -2.41. The Kier molecular flexibility index (Phi) is 6.44. The van der Waals surface area contributed by atoms with E-state index >= 15 is 0 Å². The van der Waals surface area contributed by atoms with Gasteiger partial charge in [-0.1, -0.05) is 23.8 Å². The fourth-order valence-electron chi connectivity index (χ4n) is 5.32. The Labute approximate surface area is 189 Å². The fraction of sp³-hybridized carbons (Fsp3) is 0.640. The zero-order chi connectivity index (χ0) is 24.0. The van der Waals surface area contributed by atoms with Crippen molar-refractivity contribution in [1.29, 1.82) is 0 Å². The number of esters is 3. The first kappa shape index (κ1) is 24.2. The normalized spacial score (nSPS) is 39.4. The van der Waals surface area contributed by atoms with E-state index in [0.717, 1.165) is 5.57 Å². The third kappa shape index (κ3) is 3.91. The molecule has 1 saturated heterocycles. The van der Waals surface area contributed by atoms with Crippen LogP contribution in [0.2, 0.25) is 0 Å².